The number of hydrogen-bond donors (Lipinski definition) is 0. The third kappa shape index (κ3) is 1.80. The van der Waals surface area contributed by atoms with E-state index >= 15 is 0 Å². The van der Waals surface area contributed by atoms with Crippen molar-refractivity contribution in [2.75, 3.05) is 0 Å². The highest BCUT2D eigenvalue weighted by Gasteiger charge is 2.21. The van der Waals surface area contributed by atoms with E-state index in [2.05, 4.69) is 40.3 Å². The highest BCUT2D eigenvalue weighted by Crippen LogP contribution is 1.99. The summed E-state index contributed by atoms with van der Waals surface area (Å²) in [5, 5.41) is 15.9. The van der Waals surface area contributed by atoms with Crippen molar-refractivity contribution >= 4 is 13.4 Å². The van der Waals surface area contributed by atoms with Crippen molar-refractivity contribution in [1.29, 1.82) is 0 Å². The van der Waals surface area contributed by atoms with Crippen LogP contribution >= 0.6 is 0 Å². The summed E-state index contributed by atoms with van der Waals surface area (Å²) in [5.74, 6) is 0. The minimum Gasteiger partial charge on any atom is -0.137 e. The van der Waals surface area contributed by atoms with Crippen LogP contribution in [0.25, 0.3) is 0 Å². The van der Waals surface area contributed by atoms with E-state index < -0.39 is 8.07 Å². The molecule has 0 unspecified atom stereocenters. The standard InChI is InChI=1S/C6H12N4Si/c1-5-6(11(2,3)4)8-10-9-7-5/h1-4H3. The Morgan fingerprint density at radius 1 is 1.00 bits per heavy atom. The van der Waals surface area contributed by atoms with E-state index in [0.29, 0.717) is 0 Å². The molecule has 1 rings (SSSR count). The van der Waals surface area contributed by atoms with Gasteiger partial charge in [-0.25, -0.2) is 0 Å². The van der Waals surface area contributed by atoms with Gasteiger partial charge in [0.2, 0.25) is 0 Å². The van der Waals surface area contributed by atoms with Crippen molar-refractivity contribution in [3.63, 3.8) is 0 Å². The number of hydrogen-bond acceptors (Lipinski definition) is 4. The van der Waals surface area contributed by atoms with Crippen LogP contribution in [0.5, 0.6) is 0 Å². The second kappa shape index (κ2) is 2.65. The quantitative estimate of drug-likeness (QED) is 0.559. The molecule has 0 aliphatic rings. The number of aryl methyl sites for hydroxylation is 1. The molecular weight excluding hydrogens is 156 g/mol. The Kier molecular flexibility index (Phi) is 1.99. The van der Waals surface area contributed by atoms with E-state index in [1.807, 2.05) is 6.92 Å². The summed E-state index contributed by atoms with van der Waals surface area (Å²) >= 11 is 0. The third-order valence-electron chi connectivity index (χ3n) is 1.43. The van der Waals surface area contributed by atoms with Crippen LogP contribution in [0.2, 0.25) is 19.6 Å². The largest absolute Gasteiger partial charge is 0.137 e. The van der Waals surface area contributed by atoms with Gasteiger partial charge in [-0.1, -0.05) is 19.6 Å². The van der Waals surface area contributed by atoms with Crippen LogP contribution in [-0.2, 0) is 0 Å². The predicted molar refractivity (Wildman–Crippen MR) is 45.3 cm³/mol. The van der Waals surface area contributed by atoms with Gasteiger partial charge in [-0.3, -0.25) is 0 Å². The molecule has 0 atom stereocenters. The topological polar surface area (TPSA) is 51.6 Å². The van der Waals surface area contributed by atoms with E-state index in [4.69, 9.17) is 0 Å². The van der Waals surface area contributed by atoms with E-state index in [-0.39, 0.29) is 0 Å². The maximum atomic E-state index is 3.99. The summed E-state index contributed by atoms with van der Waals surface area (Å²) in [6.45, 7) is 8.57. The van der Waals surface area contributed by atoms with Crippen molar-refractivity contribution in [3.8, 4) is 0 Å². The summed E-state index contributed by atoms with van der Waals surface area (Å²) in [5.41, 5.74) is 0.916. The molecule has 1 aromatic heterocycles. The van der Waals surface area contributed by atoms with Gasteiger partial charge in [0.1, 0.15) is 8.07 Å². The molecule has 4 nitrogen and oxygen atoms in total. The van der Waals surface area contributed by atoms with Crippen molar-refractivity contribution in [2.45, 2.75) is 26.6 Å². The molecule has 0 fully saturated rings. The normalized spacial score (nSPS) is 11.6. The predicted octanol–water partition coefficient (Wildman–Crippen LogP) is 0.120. The van der Waals surface area contributed by atoms with Crippen LogP contribution in [0, 0.1) is 6.92 Å². The van der Waals surface area contributed by atoms with Crippen LogP contribution in [0.1, 0.15) is 5.69 Å². The Morgan fingerprint density at radius 3 is 1.91 bits per heavy atom. The molecule has 60 valence electrons. The molecule has 11 heavy (non-hydrogen) atoms. The lowest BCUT2D eigenvalue weighted by Crippen LogP contribution is -2.43. The van der Waals surface area contributed by atoms with Gasteiger partial charge in [0.05, 0.1) is 11.0 Å². The lowest BCUT2D eigenvalue weighted by molar-refractivity contribution is 0.756. The first kappa shape index (κ1) is 8.26. The number of nitrogens with zero attached hydrogens (tertiary/aromatic N) is 4. The minimum atomic E-state index is -1.35. The lowest BCUT2D eigenvalue weighted by atomic mass is 10.6. The first-order valence-electron chi connectivity index (χ1n) is 3.55. The molecule has 0 radical (unpaired) electrons. The molecule has 0 spiro atoms. The zero-order valence-corrected chi connectivity index (χ0v) is 8.29. The summed E-state index contributed by atoms with van der Waals surface area (Å²) in [6, 6.07) is 0. The van der Waals surface area contributed by atoms with Crippen molar-refractivity contribution < 1.29 is 0 Å². The maximum absolute atomic E-state index is 3.99. The fourth-order valence-electron chi connectivity index (χ4n) is 0.964. The van der Waals surface area contributed by atoms with Crippen LogP contribution in [0.4, 0.5) is 0 Å². The van der Waals surface area contributed by atoms with E-state index in [0.717, 1.165) is 11.0 Å². The molecule has 0 saturated heterocycles. The average Bonchev–Trinajstić information content (AvgIpc) is 1.86. The Bertz CT molecular complexity index is 255. The van der Waals surface area contributed by atoms with Gasteiger partial charge in [-0.05, 0) is 17.4 Å². The number of aromatic nitrogens is 4. The maximum Gasteiger partial charge on any atom is 0.106 e. The second-order valence-corrected chi connectivity index (χ2v) is 8.54. The molecule has 0 N–H and O–H groups in total. The fourth-order valence-corrected chi connectivity index (χ4v) is 2.44. The molecule has 0 saturated carbocycles. The molecule has 0 amide bonds. The Morgan fingerprint density at radius 2 is 1.55 bits per heavy atom. The van der Waals surface area contributed by atoms with Crippen LogP contribution in [0.15, 0.2) is 0 Å². The monoisotopic (exact) mass is 168 g/mol. The van der Waals surface area contributed by atoms with E-state index in [9.17, 15) is 0 Å². The summed E-state index contributed by atoms with van der Waals surface area (Å²) < 4.78 is 0. The Hall–Kier alpha value is -0.843. The Balaban J connectivity index is 3.14. The molecule has 0 aliphatic heterocycles. The highest BCUT2D eigenvalue weighted by atomic mass is 28.3. The fraction of sp³-hybridized carbons (Fsp3) is 0.667. The average molecular weight is 168 g/mol. The van der Waals surface area contributed by atoms with Crippen molar-refractivity contribution in [3.05, 3.63) is 5.69 Å². The molecular formula is C6H12N4Si. The van der Waals surface area contributed by atoms with E-state index in [1.165, 1.54) is 0 Å². The molecule has 0 aromatic carbocycles. The van der Waals surface area contributed by atoms with Gasteiger partial charge >= 0.3 is 0 Å². The summed E-state index contributed by atoms with van der Waals surface area (Å²) in [7, 11) is -1.35. The van der Waals surface area contributed by atoms with Gasteiger partial charge in [0, 0.05) is 0 Å². The molecule has 0 aliphatic carbocycles. The molecule has 5 heteroatoms. The van der Waals surface area contributed by atoms with E-state index in [1.54, 1.807) is 0 Å². The molecule has 1 aromatic rings. The van der Waals surface area contributed by atoms with Crippen LogP contribution < -0.4 is 5.32 Å². The molecule has 1 heterocycles. The van der Waals surface area contributed by atoms with Crippen LogP contribution in [0.3, 0.4) is 0 Å². The minimum absolute atomic E-state index is 0.916. The Labute approximate surface area is 67.1 Å². The first-order valence-corrected chi connectivity index (χ1v) is 7.05. The third-order valence-corrected chi connectivity index (χ3v) is 3.32. The number of rotatable bonds is 1. The SMILES string of the molecule is Cc1nnnnc1[Si](C)(C)C. The lowest BCUT2D eigenvalue weighted by Gasteiger charge is -2.14. The van der Waals surface area contributed by atoms with Crippen LogP contribution in [-0.4, -0.2) is 28.7 Å². The molecule has 0 bridgehead atoms. The zero-order chi connectivity index (χ0) is 8.48. The first-order chi connectivity index (χ1) is 5.02. The summed E-state index contributed by atoms with van der Waals surface area (Å²) in [4.78, 5) is 0. The second-order valence-electron chi connectivity index (χ2n) is 3.56. The van der Waals surface area contributed by atoms with Crippen molar-refractivity contribution in [1.82, 2.24) is 20.6 Å². The summed E-state index contributed by atoms with van der Waals surface area (Å²) in [6.07, 6.45) is 0. The van der Waals surface area contributed by atoms with Crippen molar-refractivity contribution in [2.24, 2.45) is 0 Å². The van der Waals surface area contributed by atoms with Gasteiger partial charge < -0.3 is 0 Å². The highest BCUT2D eigenvalue weighted by molar-refractivity contribution is 6.88. The van der Waals surface area contributed by atoms with Gasteiger partial charge in [-0.2, -0.15) is 0 Å². The van der Waals surface area contributed by atoms with Gasteiger partial charge in [0.15, 0.2) is 0 Å². The zero-order valence-electron chi connectivity index (χ0n) is 7.29. The van der Waals surface area contributed by atoms with Gasteiger partial charge in [0.25, 0.3) is 0 Å². The van der Waals surface area contributed by atoms with Gasteiger partial charge in [-0.15, -0.1) is 10.2 Å². The smallest absolute Gasteiger partial charge is 0.106 e.